The molecule has 0 radical (unpaired) electrons. The summed E-state index contributed by atoms with van der Waals surface area (Å²) in [5, 5.41) is 3.86. The molecule has 1 heterocycles. The van der Waals surface area contributed by atoms with Crippen molar-refractivity contribution in [2.45, 2.75) is 31.7 Å². The molecule has 0 saturated carbocycles. The summed E-state index contributed by atoms with van der Waals surface area (Å²) in [6.07, 6.45) is 0. The molecule has 1 fully saturated rings. The Labute approximate surface area is 130 Å². The molecule has 4 nitrogen and oxygen atoms in total. The lowest BCUT2D eigenvalue weighted by atomic mass is 10.2. The van der Waals surface area contributed by atoms with Gasteiger partial charge in [0, 0.05) is 30.7 Å². The van der Waals surface area contributed by atoms with Crippen LogP contribution in [0.4, 0.5) is 0 Å². The smallest absolute Gasteiger partial charge is 0.245 e. The first-order valence-corrected chi connectivity index (χ1v) is 8.64. The van der Waals surface area contributed by atoms with Crippen LogP contribution in [0.1, 0.15) is 18.1 Å². The molecule has 1 aromatic carbocycles. The van der Waals surface area contributed by atoms with Gasteiger partial charge >= 0.3 is 0 Å². The maximum absolute atomic E-state index is 12.9. The summed E-state index contributed by atoms with van der Waals surface area (Å²) < 4.78 is 27.3. The van der Waals surface area contributed by atoms with Gasteiger partial charge in [0.2, 0.25) is 10.0 Å². The topological polar surface area (TPSA) is 49.4 Å². The summed E-state index contributed by atoms with van der Waals surface area (Å²) in [6, 6.07) is 1.59. The molecule has 20 heavy (non-hydrogen) atoms. The van der Waals surface area contributed by atoms with Crippen LogP contribution in [0.2, 0.25) is 10.0 Å². The van der Waals surface area contributed by atoms with Gasteiger partial charge in [-0.25, -0.2) is 8.42 Å². The second-order valence-corrected chi connectivity index (χ2v) is 7.72. The fourth-order valence-electron chi connectivity index (χ4n) is 2.42. The molecule has 1 saturated heterocycles. The van der Waals surface area contributed by atoms with Gasteiger partial charge in [0.25, 0.3) is 0 Å². The fourth-order valence-corrected chi connectivity index (χ4v) is 5.22. The number of piperazine rings is 1. The lowest BCUT2D eigenvalue weighted by Crippen LogP contribution is -2.52. The number of nitrogens with zero attached hydrogens (tertiary/aromatic N) is 1. The van der Waals surface area contributed by atoms with Crippen LogP contribution in [0.5, 0.6) is 0 Å². The van der Waals surface area contributed by atoms with Crippen LogP contribution in [0.3, 0.4) is 0 Å². The number of hydrogen-bond acceptors (Lipinski definition) is 3. The van der Waals surface area contributed by atoms with Gasteiger partial charge in [0.1, 0.15) is 4.90 Å². The number of aryl methyl sites for hydroxylation is 1. The van der Waals surface area contributed by atoms with Crippen molar-refractivity contribution in [3.05, 3.63) is 27.2 Å². The van der Waals surface area contributed by atoms with Crippen LogP contribution < -0.4 is 5.32 Å². The molecule has 1 N–H and O–H groups in total. The van der Waals surface area contributed by atoms with Gasteiger partial charge in [-0.15, -0.1) is 0 Å². The Morgan fingerprint density at radius 2 is 2.00 bits per heavy atom. The van der Waals surface area contributed by atoms with E-state index in [4.69, 9.17) is 23.2 Å². The molecule has 0 aromatic heterocycles. The number of nitrogens with one attached hydrogen (secondary N) is 1. The van der Waals surface area contributed by atoms with Crippen molar-refractivity contribution in [1.29, 1.82) is 0 Å². The van der Waals surface area contributed by atoms with E-state index in [1.165, 1.54) is 4.31 Å². The lowest BCUT2D eigenvalue weighted by molar-refractivity contribution is 0.283. The highest BCUT2D eigenvalue weighted by Crippen LogP contribution is 2.35. The van der Waals surface area contributed by atoms with Crippen LogP contribution in [0.15, 0.2) is 11.0 Å². The monoisotopic (exact) mass is 336 g/mol. The minimum Gasteiger partial charge on any atom is -0.314 e. The Balaban J connectivity index is 2.60. The number of rotatable bonds is 2. The quantitative estimate of drug-likeness (QED) is 0.902. The Morgan fingerprint density at radius 1 is 1.35 bits per heavy atom. The summed E-state index contributed by atoms with van der Waals surface area (Å²) in [5.74, 6) is 0. The molecule has 0 aliphatic carbocycles. The zero-order chi connectivity index (χ0) is 15.1. The Kier molecular flexibility index (Phi) is 4.66. The van der Waals surface area contributed by atoms with Crippen LogP contribution in [0.25, 0.3) is 0 Å². The molecule has 1 aliphatic heterocycles. The van der Waals surface area contributed by atoms with Crippen molar-refractivity contribution in [2.24, 2.45) is 0 Å². The first kappa shape index (κ1) is 16.0. The molecule has 0 bridgehead atoms. The molecule has 1 atom stereocenters. The minimum atomic E-state index is -3.64. The first-order valence-electron chi connectivity index (χ1n) is 6.44. The van der Waals surface area contributed by atoms with E-state index in [2.05, 4.69) is 5.32 Å². The number of benzene rings is 1. The van der Waals surface area contributed by atoms with Crippen LogP contribution in [-0.2, 0) is 10.0 Å². The van der Waals surface area contributed by atoms with Crippen LogP contribution in [0, 0.1) is 13.8 Å². The van der Waals surface area contributed by atoms with Crippen LogP contribution in [-0.4, -0.2) is 38.4 Å². The predicted molar refractivity (Wildman–Crippen MR) is 82.2 cm³/mol. The largest absolute Gasteiger partial charge is 0.314 e. The molecular weight excluding hydrogens is 319 g/mol. The summed E-state index contributed by atoms with van der Waals surface area (Å²) >= 11 is 12.4. The van der Waals surface area contributed by atoms with Crippen molar-refractivity contribution >= 4 is 33.2 Å². The highest BCUT2D eigenvalue weighted by Gasteiger charge is 2.34. The van der Waals surface area contributed by atoms with E-state index in [0.29, 0.717) is 35.8 Å². The number of sulfonamides is 1. The minimum absolute atomic E-state index is 0.108. The Hall–Kier alpha value is -0.330. The highest BCUT2D eigenvalue weighted by molar-refractivity contribution is 7.89. The molecular formula is C13H18Cl2N2O2S. The van der Waals surface area contributed by atoms with Gasteiger partial charge in [-0.05, 0) is 38.0 Å². The molecule has 0 amide bonds. The number of hydrogen-bond donors (Lipinski definition) is 1. The molecule has 0 unspecified atom stereocenters. The molecule has 7 heteroatoms. The van der Waals surface area contributed by atoms with E-state index in [-0.39, 0.29) is 16.0 Å². The highest BCUT2D eigenvalue weighted by atomic mass is 35.5. The molecule has 112 valence electrons. The fraction of sp³-hybridized carbons (Fsp3) is 0.538. The van der Waals surface area contributed by atoms with E-state index < -0.39 is 10.0 Å². The van der Waals surface area contributed by atoms with Gasteiger partial charge in [-0.1, -0.05) is 23.2 Å². The summed E-state index contributed by atoms with van der Waals surface area (Å²) in [7, 11) is -3.64. The second-order valence-electron chi connectivity index (χ2n) is 5.11. The van der Waals surface area contributed by atoms with Crippen LogP contribution >= 0.6 is 23.2 Å². The summed E-state index contributed by atoms with van der Waals surface area (Å²) in [4.78, 5) is 0.137. The Bertz CT molecular complexity index is 605. The SMILES string of the molecule is Cc1cc(Cl)c(C)c(S(=O)(=O)N2CCNC[C@H]2C)c1Cl. The van der Waals surface area contributed by atoms with Gasteiger partial charge in [-0.3, -0.25) is 0 Å². The van der Waals surface area contributed by atoms with E-state index >= 15 is 0 Å². The zero-order valence-electron chi connectivity index (χ0n) is 11.7. The average Bonchev–Trinajstić information content (AvgIpc) is 2.36. The van der Waals surface area contributed by atoms with Crippen molar-refractivity contribution in [3.63, 3.8) is 0 Å². The number of halogens is 2. The van der Waals surface area contributed by atoms with Crippen molar-refractivity contribution in [1.82, 2.24) is 9.62 Å². The summed E-state index contributed by atoms with van der Waals surface area (Å²) in [5.41, 5.74) is 1.18. The van der Waals surface area contributed by atoms with Crippen molar-refractivity contribution < 1.29 is 8.42 Å². The van der Waals surface area contributed by atoms with Gasteiger partial charge < -0.3 is 5.32 Å². The second kappa shape index (κ2) is 5.81. The molecule has 1 aliphatic rings. The molecule has 2 rings (SSSR count). The maximum Gasteiger partial charge on any atom is 0.245 e. The van der Waals surface area contributed by atoms with Gasteiger partial charge in [-0.2, -0.15) is 4.31 Å². The zero-order valence-corrected chi connectivity index (χ0v) is 14.0. The maximum atomic E-state index is 12.9. The van der Waals surface area contributed by atoms with E-state index in [1.54, 1.807) is 19.9 Å². The molecule has 0 spiro atoms. The summed E-state index contributed by atoms with van der Waals surface area (Å²) in [6.45, 7) is 7.03. The third kappa shape index (κ3) is 2.70. The van der Waals surface area contributed by atoms with Gasteiger partial charge in [0.15, 0.2) is 0 Å². The predicted octanol–water partition coefficient (Wildman–Crippen LogP) is 2.59. The molecule has 1 aromatic rings. The van der Waals surface area contributed by atoms with Crippen molar-refractivity contribution in [3.8, 4) is 0 Å². The average molecular weight is 337 g/mol. The first-order chi connectivity index (χ1) is 9.26. The van der Waals surface area contributed by atoms with Crippen molar-refractivity contribution in [2.75, 3.05) is 19.6 Å². The lowest BCUT2D eigenvalue weighted by Gasteiger charge is -2.33. The van der Waals surface area contributed by atoms with E-state index in [1.807, 2.05) is 6.92 Å². The van der Waals surface area contributed by atoms with E-state index in [0.717, 1.165) is 0 Å². The van der Waals surface area contributed by atoms with E-state index in [9.17, 15) is 8.42 Å². The third-order valence-electron chi connectivity index (χ3n) is 3.59. The van der Waals surface area contributed by atoms with Gasteiger partial charge in [0.05, 0.1) is 5.02 Å². The Morgan fingerprint density at radius 3 is 2.60 bits per heavy atom. The standard InChI is InChI=1S/C13H18Cl2N2O2S/c1-8-6-11(14)10(3)13(12(8)15)20(18,19)17-5-4-16-7-9(17)2/h6,9,16H,4-5,7H2,1-3H3/t9-/m1/s1. The normalized spacial score (nSPS) is 21.1. The third-order valence-corrected chi connectivity index (χ3v) is 6.77.